The maximum atomic E-state index is 12.1. The van der Waals surface area contributed by atoms with Crippen molar-refractivity contribution in [3.05, 3.63) is 30.4 Å². The van der Waals surface area contributed by atoms with Gasteiger partial charge in [-0.1, -0.05) is 0 Å². The van der Waals surface area contributed by atoms with Crippen molar-refractivity contribution in [1.82, 2.24) is 34.5 Å². The Morgan fingerprint density at radius 1 is 1.33 bits per heavy atom. The molecule has 0 aliphatic carbocycles. The van der Waals surface area contributed by atoms with Gasteiger partial charge in [0, 0.05) is 45.5 Å². The summed E-state index contributed by atoms with van der Waals surface area (Å²) >= 11 is 0. The Hall–Kier alpha value is -2.22. The summed E-state index contributed by atoms with van der Waals surface area (Å²) < 4.78 is 2.14. The molecule has 3 heterocycles. The lowest BCUT2D eigenvalue weighted by atomic mass is 10.3. The van der Waals surface area contributed by atoms with Crippen molar-refractivity contribution in [1.29, 1.82) is 0 Å². The number of amides is 1. The third-order valence-electron chi connectivity index (χ3n) is 3.80. The fourth-order valence-corrected chi connectivity index (χ4v) is 2.56. The fraction of sp³-hybridized carbons (Fsp3) is 0.538. The minimum atomic E-state index is -0.0780. The first-order chi connectivity index (χ1) is 10.3. The largest absolute Gasteiger partial charge is 0.334 e. The monoisotopic (exact) mass is 289 g/mol. The van der Waals surface area contributed by atoms with Gasteiger partial charge in [0.1, 0.15) is 6.33 Å². The number of aromatic nitrogens is 5. The van der Waals surface area contributed by atoms with Crippen LogP contribution >= 0.6 is 0 Å². The van der Waals surface area contributed by atoms with E-state index in [0.29, 0.717) is 18.9 Å². The topological polar surface area (TPSA) is 82.9 Å². The van der Waals surface area contributed by atoms with Gasteiger partial charge in [-0.25, -0.2) is 9.97 Å². The molecule has 3 rings (SSSR count). The summed E-state index contributed by atoms with van der Waals surface area (Å²) in [5, 5.41) is 6.34. The highest BCUT2D eigenvalue weighted by Crippen LogP contribution is 2.10. The van der Waals surface area contributed by atoms with Crippen LogP contribution in [-0.4, -0.2) is 66.6 Å². The average molecular weight is 289 g/mol. The van der Waals surface area contributed by atoms with Gasteiger partial charge in [-0.15, -0.1) is 0 Å². The lowest BCUT2D eigenvalue weighted by Crippen LogP contribution is -2.48. The third-order valence-corrected chi connectivity index (χ3v) is 3.80. The van der Waals surface area contributed by atoms with E-state index in [1.807, 2.05) is 17.4 Å². The molecule has 112 valence electrons. The minimum absolute atomic E-state index is 0.0780. The Morgan fingerprint density at radius 3 is 2.81 bits per heavy atom. The lowest BCUT2D eigenvalue weighted by molar-refractivity contribution is 0.0614. The molecule has 0 spiro atoms. The van der Waals surface area contributed by atoms with E-state index < -0.39 is 0 Å². The SMILES string of the molecule is CCn1cncc1CN1CCN(C(=O)c2ncn[nH]2)CC1. The number of hydrogen-bond donors (Lipinski definition) is 1. The number of aromatic amines is 1. The number of nitrogens with one attached hydrogen (secondary N) is 1. The molecule has 1 aliphatic rings. The first-order valence-corrected chi connectivity index (χ1v) is 7.14. The van der Waals surface area contributed by atoms with Crippen LogP contribution in [0.1, 0.15) is 23.2 Å². The molecule has 8 nitrogen and oxygen atoms in total. The summed E-state index contributed by atoms with van der Waals surface area (Å²) in [6.07, 6.45) is 5.13. The van der Waals surface area contributed by atoms with E-state index >= 15 is 0 Å². The summed E-state index contributed by atoms with van der Waals surface area (Å²) in [4.78, 5) is 24.4. The van der Waals surface area contributed by atoms with Gasteiger partial charge in [0.2, 0.25) is 5.82 Å². The average Bonchev–Trinajstić information content (AvgIpc) is 3.18. The number of nitrogens with zero attached hydrogens (tertiary/aromatic N) is 6. The molecule has 2 aromatic heterocycles. The molecule has 1 saturated heterocycles. The van der Waals surface area contributed by atoms with Crippen molar-refractivity contribution >= 4 is 5.91 Å². The molecule has 0 bridgehead atoms. The third kappa shape index (κ3) is 2.94. The maximum Gasteiger partial charge on any atom is 0.291 e. The van der Waals surface area contributed by atoms with E-state index in [4.69, 9.17) is 0 Å². The molecule has 0 unspecified atom stereocenters. The van der Waals surface area contributed by atoms with Crippen LogP contribution in [0, 0.1) is 0 Å². The fourth-order valence-electron chi connectivity index (χ4n) is 2.56. The van der Waals surface area contributed by atoms with E-state index in [2.05, 4.69) is 36.6 Å². The first-order valence-electron chi connectivity index (χ1n) is 7.14. The molecular weight excluding hydrogens is 270 g/mol. The Bertz CT molecular complexity index is 583. The second kappa shape index (κ2) is 6.04. The zero-order valence-corrected chi connectivity index (χ0v) is 12.1. The zero-order valence-electron chi connectivity index (χ0n) is 12.1. The highest BCUT2D eigenvalue weighted by molar-refractivity contribution is 5.90. The Labute approximate surface area is 122 Å². The maximum absolute atomic E-state index is 12.1. The van der Waals surface area contributed by atoms with Gasteiger partial charge < -0.3 is 9.47 Å². The van der Waals surface area contributed by atoms with Gasteiger partial charge in [-0.2, -0.15) is 5.10 Å². The predicted molar refractivity (Wildman–Crippen MR) is 75.5 cm³/mol. The molecule has 1 fully saturated rings. The molecule has 8 heteroatoms. The second-order valence-electron chi connectivity index (χ2n) is 5.07. The van der Waals surface area contributed by atoms with Crippen LogP contribution in [-0.2, 0) is 13.1 Å². The van der Waals surface area contributed by atoms with E-state index in [1.54, 1.807) is 0 Å². The van der Waals surface area contributed by atoms with Crippen molar-refractivity contribution in [2.45, 2.75) is 20.0 Å². The number of hydrogen-bond acceptors (Lipinski definition) is 5. The summed E-state index contributed by atoms with van der Waals surface area (Å²) in [6, 6.07) is 0. The van der Waals surface area contributed by atoms with Crippen LogP contribution in [0.25, 0.3) is 0 Å². The minimum Gasteiger partial charge on any atom is -0.334 e. The number of imidazole rings is 1. The van der Waals surface area contributed by atoms with Crippen LogP contribution < -0.4 is 0 Å². The van der Waals surface area contributed by atoms with Gasteiger partial charge in [-0.05, 0) is 6.92 Å². The quantitative estimate of drug-likeness (QED) is 0.855. The number of carbonyl (C=O) groups excluding carboxylic acids is 1. The van der Waals surface area contributed by atoms with Crippen molar-refractivity contribution in [2.75, 3.05) is 26.2 Å². The predicted octanol–water partition coefficient (Wildman–Crippen LogP) is -0.0209. The van der Waals surface area contributed by atoms with E-state index in [0.717, 1.165) is 26.2 Å². The Balaban J connectivity index is 1.54. The van der Waals surface area contributed by atoms with Gasteiger partial charge in [0.25, 0.3) is 5.91 Å². The summed E-state index contributed by atoms with van der Waals surface area (Å²) in [6.45, 7) is 7.04. The van der Waals surface area contributed by atoms with Crippen molar-refractivity contribution in [2.24, 2.45) is 0 Å². The molecule has 0 aromatic carbocycles. The highest BCUT2D eigenvalue weighted by Gasteiger charge is 2.24. The van der Waals surface area contributed by atoms with Crippen LogP contribution in [0.4, 0.5) is 0 Å². The molecule has 1 amide bonds. The van der Waals surface area contributed by atoms with E-state index in [9.17, 15) is 4.79 Å². The van der Waals surface area contributed by atoms with Gasteiger partial charge in [0.05, 0.1) is 12.0 Å². The first kappa shape index (κ1) is 13.7. The van der Waals surface area contributed by atoms with Crippen molar-refractivity contribution in [3.63, 3.8) is 0 Å². The van der Waals surface area contributed by atoms with Crippen molar-refractivity contribution in [3.8, 4) is 0 Å². The van der Waals surface area contributed by atoms with Crippen molar-refractivity contribution < 1.29 is 4.79 Å². The molecule has 1 aliphatic heterocycles. The van der Waals surface area contributed by atoms with E-state index in [-0.39, 0.29) is 5.91 Å². The summed E-state index contributed by atoms with van der Waals surface area (Å²) in [5.41, 5.74) is 1.22. The molecule has 2 aromatic rings. The number of H-pyrrole nitrogens is 1. The summed E-state index contributed by atoms with van der Waals surface area (Å²) in [7, 11) is 0. The number of carbonyl (C=O) groups is 1. The number of rotatable bonds is 4. The Morgan fingerprint density at radius 2 is 2.14 bits per heavy atom. The van der Waals surface area contributed by atoms with E-state index in [1.165, 1.54) is 12.0 Å². The van der Waals surface area contributed by atoms with Gasteiger partial charge in [0.15, 0.2) is 0 Å². The molecule has 0 saturated carbocycles. The molecule has 0 atom stereocenters. The highest BCUT2D eigenvalue weighted by atomic mass is 16.2. The standard InChI is InChI=1S/C13H19N7O/c1-2-19-10-14-7-11(19)8-18-3-5-20(6-4-18)13(21)12-15-9-16-17-12/h7,9-10H,2-6,8H2,1H3,(H,15,16,17). The molecule has 1 N–H and O–H groups in total. The normalized spacial score (nSPS) is 16.3. The number of piperazine rings is 1. The molecule has 0 radical (unpaired) electrons. The summed E-state index contributed by atoms with van der Waals surface area (Å²) in [5.74, 6) is 0.234. The van der Waals surface area contributed by atoms with Crippen LogP contribution in [0.2, 0.25) is 0 Å². The van der Waals surface area contributed by atoms with Crippen LogP contribution in [0.5, 0.6) is 0 Å². The lowest BCUT2D eigenvalue weighted by Gasteiger charge is -2.34. The molecule has 21 heavy (non-hydrogen) atoms. The smallest absolute Gasteiger partial charge is 0.291 e. The number of aryl methyl sites for hydroxylation is 1. The van der Waals surface area contributed by atoms with Crippen LogP contribution in [0.3, 0.4) is 0 Å². The zero-order chi connectivity index (χ0) is 14.7. The van der Waals surface area contributed by atoms with Gasteiger partial charge >= 0.3 is 0 Å². The van der Waals surface area contributed by atoms with Gasteiger partial charge in [-0.3, -0.25) is 14.8 Å². The molecular formula is C13H19N7O. The Kier molecular flexibility index (Phi) is 3.96. The second-order valence-corrected chi connectivity index (χ2v) is 5.07. The van der Waals surface area contributed by atoms with Crippen LogP contribution in [0.15, 0.2) is 18.9 Å².